The molecule has 4 fully saturated rings. The van der Waals surface area contributed by atoms with Gasteiger partial charge in [0.25, 0.3) is 0 Å². The number of halogens is 2. The highest BCUT2D eigenvalue weighted by atomic mass is 19.1. The van der Waals surface area contributed by atoms with E-state index in [4.69, 9.17) is 4.74 Å². The van der Waals surface area contributed by atoms with Crippen molar-refractivity contribution in [2.45, 2.75) is 89.0 Å². The Balaban J connectivity index is 1.19. The fourth-order valence-electron chi connectivity index (χ4n) is 11.5. The molecule has 0 spiro atoms. The van der Waals surface area contributed by atoms with Gasteiger partial charge in [-0.3, -0.25) is 14.4 Å². The number of fused-ring (bicyclic) bond motifs is 5. The predicted molar refractivity (Wildman–Crippen MR) is 193 cm³/mol. The molecule has 12 nitrogen and oxygen atoms in total. The maximum atomic E-state index is 17.8. The number of carbonyl (C=O) groups is 3. The Kier molecular flexibility index (Phi) is 8.22. The number of rotatable bonds is 5. The summed E-state index contributed by atoms with van der Waals surface area (Å²) < 4.78 is 41.8. The van der Waals surface area contributed by atoms with E-state index in [0.717, 1.165) is 12.3 Å². The van der Waals surface area contributed by atoms with Crippen LogP contribution in [0, 0.1) is 34.4 Å². The Morgan fingerprint density at radius 2 is 1.78 bits per heavy atom. The second-order valence-corrected chi connectivity index (χ2v) is 17.1. The van der Waals surface area contributed by atoms with Crippen LogP contribution in [0.5, 0.6) is 5.75 Å². The summed E-state index contributed by atoms with van der Waals surface area (Å²) in [5.41, 5.74) is -7.95. The fraction of sp³-hybridized carbons (Fsp3) is 0.600. The minimum absolute atomic E-state index is 0.00992. The monoisotopic (exact) mass is 751 g/mol. The number of carbonyl (C=O) groups excluding carboxylic acids is 2. The highest BCUT2D eigenvalue weighted by molar-refractivity contribution is 6.01. The Labute approximate surface area is 310 Å². The van der Waals surface area contributed by atoms with Crippen LogP contribution in [-0.4, -0.2) is 110 Å². The van der Waals surface area contributed by atoms with E-state index in [1.807, 2.05) is 7.05 Å². The van der Waals surface area contributed by atoms with Crippen molar-refractivity contribution in [2.24, 2.45) is 28.6 Å². The molecule has 3 saturated carbocycles. The van der Waals surface area contributed by atoms with E-state index < -0.39 is 92.8 Å². The number of likely N-dealkylation sites (N-methyl/N-ethyl adjacent to an activating group) is 1. The minimum Gasteiger partial charge on any atom is -0.481 e. The van der Waals surface area contributed by atoms with Crippen LogP contribution in [-0.2, 0) is 9.59 Å². The molecule has 11 atom stereocenters. The number of aromatic carboxylic acids is 1. The van der Waals surface area contributed by atoms with Crippen molar-refractivity contribution in [3.05, 3.63) is 57.7 Å². The molecule has 54 heavy (non-hydrogen) atoms. The molecule has 2 aromatic rings. The highest BCUT2D eigenvalue weighted by Crippen LogP contribution is 2.71. The molecule has 1 saturated heterocycles. The summed E-state index contributed by atoms with van der Waals surface area (Å²) in [4.78, 5) is 56.5. The maximum Gasteiger partial charge on any atom is 0.341 e. The van der Waals surface area contributed by atoms with Crippen LogP contribution in [0.1, 0.15) is 69.8 Å². The Morgan fingerprint density at radius 1 is 1.09 bits per heavy atom. The van der Waals surface area contributed by atoms with E-state index in [2.05, 4.69) is 4.90 Å². The number of hydrogen-bond donors (Lipinski definition) is 4. The number of Topliss-reactive ketones (excluding diaryl/α,β-unsaturated/α-hetero) is 1. The van der Waals surface area contributed by atoms with Gasteiger partial charge in [-0.1, -0.05) is 25.5 Å². The largest absolute Gasteiger partial charge is 0.481 e. The summed E-state index contributed by atoms with van der Waals surface area (Å²) in [5, 5.41) is 46.4. The van der Waals surface area contributed by atoms with Gasteiger partial charge in [-0.05, 0) is 76.6 Å². The van der Waals surface area contributed by atoms with E-state index in [1.54, 1.807) is 32.6 Å². The Bertz CT molecular complexity index is 2130. The number of aromatic nitrogens is 1. The van der Waals surface area contributed by atoms with Crippen LogP contribution in [0.3, 0.4) is 0 Å². The lowest BCUT2D eigenvalue weighted by atomic mass is 9.44. The molecule has 8 rings (SSSR count). The van der Waals surface area contributed by atoms with Crippen LogP contribution < -0.4 is 15.1 Å². The number of alkyl halides is 1. The quantitative estimate of drug-likeness (QED) is 0.354. The summed E-state index contributed by atoms with van der Waals surface area (Å²) in [6.07, 6.45) is 0.830. The van der Waals surface area contributed by atoms with E-state index >= 15 is 8.78 Å². The van der Waals surface area contributed by atoms with E-state index in [1.165, 1.54) is 22.8 Å². The highest BCUT2D eigenvalue weighted by Gasteiger charge is 2.76. The molecule has 6 aliphatic rings. The molecule has 5 unspecified atom stereocenters. The number of nitrogens with zero attached hydrogens (tertiary/aromatic N) is 3. The van der Waals surface area contributed by atoms with Crippen LogP contribution in [0.4, 0.5) is 14.5 Å². The third kappa shape index (κ3) is 4.59. The first-order valence-electron chi connectivity index (χ1n) is 18.8. The van der Waals surface area contributed by atoms with Gasteiger partial charge in [-0.25, -0.2) is 13.6 Å². The number of aliphatic hydroxyl groups excluding tert-OH is 2. The number of ether oxygens (including phenoxy) is 1. The van der Waals surface area contributed by atoms with Gasteiger partial charge in [0.05, 0.1) is 23.0 Å². The first-order chi connectivity index (χ1) is 25.3. The summed E-state index contributed by atoms with van der Waals surface area (Å²) in [5.74, 6) is -5.91. The fourth-order valence-corrected chi connectivity index (χ4v) is 11.5. The normalized spacial score (nSPS) is 39.3. The molecule has 1 aromatic heterocycles. The molecule has 4 N–H and O–H groups in total. The van der Waals surface area contributed by atoms with Crippen molar-refractivity contribution < 1.29 is 48.3 Å². The van der Waals surface area contributed by atoms with E-state index in [9.17, 15) is 39.6 Å². The molecule has 3 heterocycles. The number of carboxylic acids is 1. The lowest BCUT2D eigenvalue weighted by molar-refractivity contribution is -0.222. The van der Waals surface area contributed by atoms with Gasteiger partial charge in [0, 0.05) is 49.1 Å². The average molecular weight is 752 g/mol. The SMILES string of the molecule is CC1C(C(O)C(=O)[C@@]2(O)[C@H](C)C[C@H]3[C@@H]4CCC5=CC(=O)C=C[C@]5(C)C4(F)C(O)C[C@@]32C)Oc2c(N3CCN(C)CC3)c(F)cc3c(=O)c(C(=O)O)cn1c23. The number of carboxylic acid groups (broad SMARTS) is 1. The smallest absolute Gasteiger partial charge is 0.341 e. The molecule has 2 aliphatic heterocycles. The van der Waals surface area contributed by atoms with Gasteiger partial charge in [-0.2, -0.15) is 0 Å². The number of ketones is 2. The number of aliphatic hydroxyl groups is 3. The van der Waals surface area contributed by atoms with E-state index in [-0.39, 0.29) is 47.4 Å². The molecule has 14 heteroatoms. The van der Waals surface area contributed by atoms with Gasteiger partial charge in [0.15, 0.2) is 41.0 Å². The van der Waals surface area contributed by atoms with Gasteiger partial charge < -0.3 is 39.5 Å². The van der Waals surface area contributed by atoms with Gasteiger partial charge >= 0.3 is 5.97 Å². The topological polar surface area (TPSA) is 170 Å². The molecule has 1 aromatic carbocycles. The summed E-state index contributed by atoms with van der Waals surface area (Å²) in [6.45, 7) is 8.55. The van der Waals surface area contributed by atoms with Crippen molar-refractivity contribution in [3.8, 4) is 5.75 Å². The number of hydrogen-bond acceptors (Lipinski definition) is 10. The van der Waals surface area contributed by atoms with E-state index in [0.29, 0.717) is 38.2 Å². The third-order valence-electron chi connectivity index (χ3n) is 14.6. The number of benzene rings is 1. The van der Waals surface area contributed by atoms with Crippen molar-refractivity contribution in [2.75, 3.05) is 38.1 Å². The van der Waals surface area contributed by atoms with Crippen molar-refractivity contribution >= 4 is 34.1 Å². The number of pyridine rings is 1. The first-order valence-corrected chi connectivity index (χ1v) is 18.8. The second-order valence-electron chi connectivity index (χ2n) is 17.1. The zero-order valence-corrected chi connectivity index (χ0v) is 31.0. The van der Waals surface area contributed by atoms with Crippen molar-refractivity contribution in [1.82, 2.24) is 9.47 Å². The minimum atomic E-state index is -2.27. The Morgan fingerprint density at radius 3 is 2.44 bits per heavy atom. The van der Waals surface area contributed by atoms with Crippen LogP contribution in [0.15, 0.2) is 40.9 Å². The Hall–Kier alpha value is -3.98. The van der Waals surface area contributed by atoms with Crippen LogP contribution in [0.25, 0.3) is 10.9 Å². The lowest BCUT2D eigenvalue weighted by Crippen LogP contribution is -2.70. The van der Waals surface area contributed by atoms with Crippen molar-refractivity contribution in [3.63, 3.8) is 0 Å². The van der Waals surface area contributed by atoms with Crippen LogP contribution >= 0.6 is 0 Å². The molecule has 290 valence electrons. The molecule has 4 aliphatic carbocycles. The standard InChI is InChI=1S/C40H47F2N3O9/c1-19-14-26-25-7-6-21-15-22(46)8-9-37(21,3)39(25,42)28(47)17-38(26,4)40(19,53)35(50)32(49)33-20(2)45-18-24(36(51)52)31(48)23-16-27(41)30(34(54-33)29(23)45)44-12-10-43(5)11-13-44/h8-9,15-16,18-20,25-26,28,32-33,47,49,53H,6-7,10-14,17H2,1-5H3,(H,51,52)/t19-,20?,25+,26+,28?,32?,33?,37+,38+,39?,40+/m1/s1. The number of anilines is 1. The molecule has 0 amide bonds. The van der Waals surface area contributed by atoms with Crippen molar-refractivity contribution in [1.29, 1.82) is 0 Å². The molecular weight excluding hydrogens is 704 g/mol. The number of allylic oxidation sites excluding steroid dienone is 4. The van der Waals surface area contributed by atoms with Crippen LogP contribution in [0.2, 0.25) is 0 Å². The molecule has 0 bridgehead atoms. The van der Waals surface area contributed by atoms with Gasteiger partial charge in [-0.15, -0.1) is 0 Å². The molecular formula is C40H47F2N3O9. The second kappa shape index (κ2) is 12.0. The average Bonchev–Trinajstić information content (AvgIpc) is 3.32. The lowest BCUT2D eigenvalue weighted by Gasteiger charge is -2.62. The van der Waals surface area contributed by atoms with Gasteiger partial charge in [0.2, 0.25) is 5.43 Å². The third-order valence-corrected chi connectivity index (χ3v) is 14.6. The van der Waals surface area contributed by atoms with Gasteiger partial charge in [0.1, 0.15) is 16.9 Å². The zero-order chi connectivity index (χ0) is 39.0. The maximum absolute atomic E-state index is 17.8. The predicted octanol–water partition coefficient (Wildman–Crippen LogP) is 3.19. The first kappa shape index (κ1) is 37.0. The summed E-state index contributed by atoms with van der Waals surface area (Å²) >= 11 is 0. The molecule has 0 radical (unpaired) electrons. The zero-order valence-electron chi connectivity index (χ0n) is 31.0. The summed E-state index contributed by atoms with van der Waals surface area (Å²) in [7, 11) is 1.93. The summed E-state index contributed by atoms with van der Waals surface area (Å²) in [6, 6.07) is 0.0109. The number of piperazine rings is 1.